The normalized spacial score (nSPS) is 24.9. The van der Waals surface area contributed by atoms with Crippen LogP contribution >= 0.6 is 0 Å². The van der Waals surface area contributed by atoms with Crippen molar-refractivity contribution in [3.8, 4) is 0 Å². The standard InChI is InChI=1S/C11H21NO3/c1-3-6-11(2,14)8-12-10(13)9-5-4-7-15-9/h9,14H,3-8H2,1-2H3,(H,12,13)/t9-,11?/m0/s1. The zero-order valence-corrected chi connectivity index (χ0v) is 9.58. The molecule has 0 saturated carbocycles. The van der Waals surface area contributed by atoms with Gasteiger partial charge in [-0.1, -0.05) is 13.3 Å². The number of hydrogen-bond acceptors (Lipinski definition) is 3. The van der Waals surface area contributed by atoms with Crippen LogP contribution in [0.3, 0.4) is 0 Å². The van der Waals surface area contributed by atoms with E-state index < -0.39 is 5.60 Å². The van der Waals surface area contributed by atoms with Crippen LogP contribution in [-0.2, 0) is 9.53 Å². The molecule has 1 amide bonds. The smallest absolute Gasteiger partial charge is 0.249 e. The SMILES string of the molecule is CCCC(C)(O)CNC(=O)[C@@H]1CCCO1. The van der Waals surface area contributed by atoms with E-state index in [1.807, 2.05) is 6.92 Å². The number of hydrogen-bond donors (Lipinski definition) is 2. The molecule has 1 heterocycles. The molecule has 0 bridgehead atoms. The van der Waals surface area contributed by atoms with Gasteiger partial charge in [0.05, 0.1) is 5.60 Å². The van der Waals surface area contributed by atoms with Crippen LogP contribution in [0.5, 0.6) is 0 Å². The molecular formula is C11H21NO3. The van der Waals surface area contributed by atoms with Gasteiger partial charge >= 0.3 is 0 Å². The second kappa shape index (κ2) is 5.47. The van der Waals surface area contributed by atoms with E-state index in [1.54, 1.807) is 6.92 Å². The summed E-state index contributed by atoms with van der Waals surface area (Å²) in [6, 6.07) is 0. The molecule has 0 spiro atoms. The number of carbonyl (C=O) groups is 1. The van der Waals surface area contributed by atoms with Gasteiger partial charge in [-0.2, -0.15) is 0 Å². The third-order valence-corrected chi connectivity index (χ3v) is 2.65. The molecule has 15 heavy (non-hydrogen) atoms. The molecule has 1 fully saturated rings. The summed E-state index contributed by atoms with van der Waals surface area (Å²) in [7, 11) is 0. The second-order valence-corrected chi connectivity index (χ2v) is 4.47. The van der Waals surface area contributed by atoms with E-state index in [2.05, 4.69) is 5.32 Å². The van der Waals surface area contributed by atoms with Crippen molar-refractivity contribution >= 4 is 5.91 Å². The Morgan fingerprint density at radius 3 is 2.93 bits per heavy atom. The van der Waals surface area contributed by atoms with E-state index in [4.69, 9.17) is 4.74 Å². The first kappa shape index (κ1) is 12.5. The van der Waals surface area contributed by atoms with Crippen LogP contribution in [0, 0.1) is 0 Å². The lowest BCUT2D eigenvalue weighted by molar-refractivity contribution is -0.131. The van der Waals surface area contributed by atoms with Gasteiger partial charge in [-0.15, -0.1) is 0 Å². The van der Waals surface area contributed by atoms with Crippen molar-refractivity contribution in [1.82, 2.24) is 5.32 Å². The van der Waals surface area contributed by atoms with Crippen LogP contribution in [0.1, 0.15) is 39.5 Å². The Kier molecular flexibility index (Phi) is 4.54. The Hall–Kier alpha value is -0.610. The van der Waals surface area contributed by atoms with E-state index in [9.17, 15) is 9.90 Å². The molecule has 2 N–H and O–H groups in total. The van der Waals surface area contributed by atoms with Gasteiger partial charge in [-0.25, -0.2) is 0 Å². The van der Waals surface area contributed by atoms with Gasteiger partial charge in [-0.3, -0.25) is 4.79 Å². The molecule has 1 aliphatic rings. The first-order valence-corrected chi connectivity index (χ1v) is 5.67. The third-order valence-electron chi connectivity index (χ3n) is 2.65. The maximum absolute atomic E-state index is 11.5. The van der Waals surface area contributed by atoms with Crippen LogP contribution in [-0.4, -0.2) is 35.9 Å². The van der Waals surface area contributed by atoms with Crippen molar-refractivity contribution < 1.29 is 14.6 Å². The topological polar surface area (TPSA) is 58.6 Å². The summed E-state index contributed by atoms with van der Waals surface area (Å²) < 4.78 is 5.25. The van der Waals surface area contributed by atoms with Crippen molar-refractivity contribution in [2.24, 2.45) is 0 Å². The molecule has 0 aliphatic carbocycles. The van der Waals surface area contributed by atoms with Crippen LogP contribution in [0.4, 0.5) is 0 Å². The fourth-order valence-electron chi connectivity index (χ4n) is 1.80. The molecule has 4 heteroatoms. The lowest BCUT2D eigenvalue weighted by Gasteiger charge is -2.23. The quantitative estimate of drug-likeness (QED) is 0.714. The minimum absolute atomic E-state index is 0.0936. The van der Waals surface area contributed by atoms with E-state index in [-0.39, 0.29) is 12.0 Å². The number of ether oxygens (including phenoxy) is 1. The molecule has 1 rings (SSSR count). The number of nitrogens with one attached hydrogen (secondary N) is 1. The molecule has 1 aliphatic heterocycles. The molecule has 2 atom stereocenters. The number of amides is 1. The van der Waals surface area contributed by atoms with E-state index in [1.165, 1.54) is 0 Å². The summed E-state index contributed by atoms with van der Waals surface area (Å²) in [5.41, 5.74) is -0.803. The van der Waals surface area contributed by atoms with Crippen LogP contribution < -0.4 is 5.32 Å². The van der Waals surface area contributed by atoms with Gasteiger partial charge in [0.1, 0.15) is 6.10 Å². The zero-order valence-electron chi connectivity index (χ0n) is 9.58. The summed E-state index contributed by atoms with van der Waals surface area (Å²) in [5, 5.41) is 12.6. The first-order chi connectivity index (χ1) is 7.05. The average molecular weight is 215 g/mol. The van der Waals surface area contributed by atoms with Gasteiger partial charge < -0.3 is 15.2 Å². The molecule has 4 nitrogen and oxygen atoms in total. The highest BCUT2D eigenvalue weighted by Gasteiger charge is 2.26. The maximum atomic E-state index is 11.5. The highest BCUT2D eigenvalue weighted by molar-refractivity contribution is 5.81. The summed E-state index contributed by atoms with van der Waals surface area (Å²) in [6.07, 6.45) is 3.04. The van der Waals surface area contributed by atoms with Crippen molar-refractivity contribution in [3.05, 3.63) is 0 Å². The van der Waals surface area contributed by atoms with Gasteiger partial charge in [0.25, 0.3) is 0 Å². The molecular weight excluding hydrogens is 194 g/mol. The highest BCUT2D eigenvalue weighted by atomic mass is 16.5. The fourth-order valence-corrected chi connectivity index (χ4v) is 1.80. The Morgan fingerprint density at radius 2 is 2.40 bits per heavy atom. The average Bonchev–Trinajstić information content (AvgIpc) is 2.67. The lowest BCUT2D eigenvalue weighted by Crippen LogP contribution is -2.44. The summed E-state index contributed by atoms with van der Waals surface area (Å²) in [4.78, 5) is 11.5. The van der Waals surface area contributed by atoms with Crippen LogP contribution in [0.15, 0.2) is 0 Å². The van der Waals surface area contributed by atoms with Crippen LogP contribution in [0.25, 0.3) is 0 Å². The predicted octanol–water partition coefficient (Wildman–Crippen LogP) is 0.833. The summed E-state index contributed by atoms with van der Waals surface area (Å²) in [6.45, 7) is 4.73. The number of aliphatic hydroxyl groups is 1. The molecule has 1 unspecified atom stereocenters. The molecule has 0 aromatic rings. The predicted molar refractivity (Wildman–Crippen MR) is 57.5 cm³/mol. The summed E-state index contributed by atoms with van der Waals surface area (Å²) in [5.74, 6) is -0.0936. The molecule has 0 aromatic carbocycles. The highest BCUT2D eigenvalue weighted by Crippen LogP contribution is 2.13. The Labute approximate surface area is 91.0 Å². The lowest BCUT2D eigenvalue weighted by atomic mass is 10.0. The molecule has 88 valence electrons. The summed E-state index contributed by atoms with van der Waals surface area (Å²) >= 11 is 0. The minimum atomic E-state index is -0.803. The van der Waals surface area contributed by atoms with Crippen LogP contribution in [0.2, 0.25) is 0 Å². The Bertz CT molecular complexity index is 210. The number of rotatable bonds is 5. The van der Waals surface area contributed by atoms with Crippen molar-refractivity contribution in [3.63, 3.8) is 0 Å². The zero-order chi connectivity index (χ0) is 11.3. The fraction of sp³-hybridized carbons (Fsp3) is 0.909. The molecule has 0 aromatic heterocycles. The van der Waals surface area contributed by atoms with E-state index in [0.29, 0.717) is 19.6 Å². The molecule has 1 saturated heterocycles. The molecule has 0 radical (unpaired) electrons. The third kappa shape index (κ3) is 4.18. The van der Waals surface area contributed by atoms with Gasteiger partial charge in [0.15, 0.2) is 0 Å². The minimum Gasteiger partial charge on any atom is -0.388 e. The van der Waals surface area contributed by atoms with Crippen molar-refractivity contribution in [1.29, 1.82) is 0 Å². The second-order valence-electron chi connectivity index (χ2n) is 4.47. The van der Waals surface area contributed by atoms with Gasteiger partial charge in [0.2, 0.25) is 5.91 Å². The van der Waals surface area contributed by atoms with E-state index in [0.717, 1.165) is 19.3 Å². The number of carbonyl (C=O) groups excluding carboxylic acids is 1. The van der Waals surface area contributed by atoms with E-state index >= 15 is 0 Å². The van der Waals surface area contributed by atoms with Gasteiger partial charge in [-0.05, 0) is 26.2 Å². The Morgan fingerprint density at radius 1 is 1.67 bits per heavy atom. The Balaban J connectivity index is 2.26. The van der Waals surface area contributed by atoms with Crippen molar-refractivity contribution in [2.45, 2.75) is 51.2 Å². The van der Waals surface area contributed by atoms with Gasteiger partial charge in [0, 0.05) is 13.2 Å². The largest absolute Gasteiger partial charge is 0.388 e. The first-order valence-electron chi connectivity index (χ1n) is 5.67. The maximum Gasteiger partial charge on any atom is 0.249 e. The van der Waals surface area contributed by atoms with Crippen molar-refractivity contribution in [2.75, 3.05) is 13.2 Å². The monoisotopic (exact) mass is 215 g/mol.